The summed E-state index contributed by atoms with van der Waals surface area (Å²) in [6.07, 6.45) is 14.9. The van der Waals surface area contributed by atoms with Gasteiger partial charge in [0, 0.05) is 0 Å². The summed E-state index contributed by atoms with van der Waals surface area (Å²) >= 11 is 2.30. The van der Waals surface area contributed by atoms with Gasteiger partial charge < -0.3 is 5.73 Å². The van der Waals surface area contributed by atoms with Crippen LogP contribution in [0.2, 0.25) is 0 Å². The van der Waals surface area contributed by atoms with Crippen LogP contribution in [0.4, 0.5) is 0 Å². The highest BCUT2D eigenvalue weighted by Crippen LogP contribution is 2.12. The second-order valence-corrected chi connectivity index (χ2v) is 7.25. The summed E-state index contributed by atoms with van der Waals surface area (Å²) in [6, 6.07) is 0. The fourth-order valence-electron chi connectivity index (χ4n) is 2.03. The quantitative estimate of drug-likeness (QED) is 0.159. The van der Waals surface area contributed by atoms with Crippen molar-refractivity contribution in [1.29, 1.82) is 0 Å². The molecule has 0 amide bonds. The fourth-order valence-corrected chi connectivity index (χ4v) is 2.30. The van der Waals surface area contributed by atoms with Crippen LogP contribution in [0.1, 0.15) is 84.5 Å². The molecule has 0 radical (unpaired) electrons. The van der Waals surface area contributed by atoms with E-state index in [0.717, 1.165) is 13.0 Å². The van der Waals surface area contributed by atoms with E-state index in [1.165, 1.54) is 64.2 Å². The van der Waals surface area contributed by atoms with Gasteiger partial charge in [0.15, 0.2) is 0 Å². The van der Waals surface area contributed by atoms with Gasteiger partial charge in [-0.1, -0.05) is 71.6 Å². The lowest BCUT2D eigenvalue weighted by Crippen LogP contribution is -2.47. The van der Waals surface area contributed by atoms with E-state index in [0.29, 0.717) is 0 Å². The Bertz CT molecular complexity index is 172. The van der Waals surface area contributed by atoms with Gasteiger partial charge in [0.05, 0.1) is 0 Å². The molecule has 1 atom stereocenters. The summed E-state index contributed by atoms with van der Waals surface area (Å²) in [5, 5.41) is 3.40. The van der Waals surface area contributed by atoms with E-state index in [2.05, 4.69) is 41.8 Å². The zero-order valence-electron chi connectivity index (χ0n) is 12.4. The minimum atomic E-state index is -0.197. The first kappa shape index (κ1) is 18.7. The van der Waals surface area contributed by atoms with Crippen LogP contribution in [-0.4, -0.2) is 10.2 Å². The zero-order chi connectivity index (χ0) is 13.7. The van der Waals surface area contributed by atoms with E-state index < -0.39 is 0 Å². The second-order valence-electron chi connectivity index (χ2n) is 5.32. The van der Waals surface area contributed by atoms with Crippen molar-refractivity contribution in [2.45, 2.75) is 88.1 Å². The third kappa shape index (κ3) is 13.1. The highest BCUT2D eigenvalue weighted by molar-refractivity contribution is 14.1. The predicted octanol–water partition coefficient (Wildman–Crippen LogP) is 4.95. The molecule has 0 rings (SSSR count). The molecular weight excluding hydrogens is 335 g/mol. The Labute approximate surface area is 128 Å². The van der Waals surface area contributed by atoms with Crippen LogP contribution < -0.4 is 11.1 Å². The number of halogens is 1. The van der Waals surface area contributed by atoms with Crippen molar-refractivity contribution in [3.05, 3.63) is 0 Å². The summed E-state index contributed by atoms with van der Waals surface area (Å²) in [7, 11) is 0. The van der Waals surface area contributed by atoms with E-state index in [1.807, 2.05) is 0 Å². The predicted molar refractivity (Wildman–Crippen MR) is 91.1 cm³/mol. The molecule has 0 saturated heterocycles. The van der Waals surface area contributed by atoms with Crippen molar-refractivity contribution < 1.29 is 0 Å². The van der Waals surface area contributed by atoms with Crippen LogP contribution in [0.3, 0.4) is 0 Å². The number of alkyl halides is 1. The summed E-state index contributed by atoms with van der Waals surface area (Å²) in [6.45, 7) is 5.46. The molecule has 0 spiro atoms. The largest absolute Gasteiger partial charge is 0.305 e. The van der Waals surface area contributed by atoms with Crippen molar-refractivity contribution in [2.24, 2.45) is 5.73 Å². The molecule has 0 aliphatic carbocycles. The Morgan fingerprint density at radius 1 is 0.833 bits per heavy atom. The molecule has 0 aliphatic rings. The molecule has 3 heteroatoms. The lowest BCUT2D eigenvalue weighted by Gasteiger charge is -2.22. The highest BCUT2D eigenvalue weighted by atomic mass is 127. The standard InChI is InChI=1S/C15H33IN2/c1-3-5-6-7-8-9-10-11-12-13-14-18-15(16,17)4-2/h18H,3-14,17H2,1-2H3. The van der Waals surface area contributed by atoms with Crippen molar-refractivity contribution in [1.82, 2.24) is 5.32 Å². The van der Waals surface area contributed by atoms with Gasteiger partial charge in [0.25, 0.3) is 0 Å². The molecule has 0 aliphatic heterocycles. The summed E-state index contributed by atoms with van der Waals surface area (Å²) in [5.74, 6) is 0. The first-order valence-electron chi connectivity index (χ1n) is 7.85. The van der Waals surface area contributed by atoms with Gasteiger partial charge in [0.2, 0.25) is 0 Å². The van der Waals surface area contributed by atoms with Gasteiger partial charge in [-0.3, -0.25) is 5.32 Å². The molecule has 3 N–H and O–H groups in total. The van der Waals surface area contributed by atoms with Crippen molar-refractivity contribution in [2.75, 3.05) is 6.54 Å². The van der Waals surface area contributed by atoms with Gasteiger partial charge in [0.1, 0.15) is 3.67 Å². The van der Waals surface area contributed by atoms with Crippen molar-refractivity contribution in [3.8, 4) is 0 Å². The Morgan fingerprint density at radius 3 is 1.72 bits per heavy atom. The van der Waals surface area contributed by atoms with Gasteiger partial charge in [-0.25, -0.2) is 0 Å². The summed E-state index contributed by atoms with van der Waals surface area (Å²) in [5.41, 5.74) is 6.01. The van der Waals surface area contributed by atoms with Crippen LogP contribution in [0.5, 0.6) is 0 Å². The minimum Gasteiger partial charge on any atom is -0.305 e. The fraction of sp³-hybridized carbons (Fsp3) is 1.00. The molecule has 0 saturated carbocycles. The number of rotatable bonds is 13. The Kier molecular flexibility index (Phi) is 13.1. The average Bonchev–Trinajstić information content (AvgIpc) is 2.36. The van der Waals surface area contributed by atoms with E-state index in [1.54, 1.807) is 0 Å². The highest BCUT2D eigenvalue weighted by Gasteiger charge is 2.15. The summed E-state index contributed by atoms with van der Waals surface area (Å²) < 4.78 is -0.197. The van der Waals surface area contributed by atoms with Gasteiger partial charge in [-0.2, -0.15) is 0 Å². The van der Waals surface area contributed by atoms with Gasteiger partial charge >= 0.3 is 0 Å². The number of unbranched alkanes of at least 4 members (excludes halogenated alkanes) is 9. The topological polar surface area (TPSA) is 38.0 Å². The molecule has 110 valence electrons. The second kappa shape index (κ2) is 12.7. The smallest absolute Gasteiger partial charge is 0.119 e. The molecule has 2 nitrogen and oxygen atoms in total. The monoisotopic (exact) mass is 368 g/mol. The normalized spacial score (nSPS) is 14.7. The molecule has 0 aromatic rings. The lowest BCUT2D eigenvalue weighted by atomic mass is 10.1. The van der Waals surface area contributed by atoms with Crippen molar-refractivity contribution >= 4 is 22.6 Å². The van der Waals surface area contributed by atoms with E-state index in [4.69, 9.17) is 5.73 Å². The average molecular weight is 368 g/mol. The Morgan fingerprint density at radius 2 is 1.28 bits per heavy atom. The lowest BCUT2D eigenvalue weighted by molar-refractivity contribution is 0.470. The maximum Gasteiger partial charge on any atom is 0.119 e. The minimum absolute atomic E-state index is 0.197. The third-order valence-corrected chi connectivity index (χ3v) is 4.61. The molecule has 0 fully saturated rings. The molecule has 0 aromatic carbocycles. The van der Waals surface area contributed by atoms with Gasteiger partial charge in [-0.05, 0) is 42.0 Å². The van der Waals surface area contributed by atoms with Crippen LogP contribution in [0, 0.1) is 0 Å². The maximum absolute atomic E-state index is 6.01. The number of hydrogen-bond acceptors (Lipinski definition) is 2. The molecule has 0 bridgehead atoms. The first-order valence-corrected chi connectivity index (χ1v) is 8.93. The molecule has 1 unspecified atom stereocenters. The molecule has 0 aromatic heterocycles. The van der Waals surface area contributed by atoms with Crippen LogP contribution in [0.25, 0.3) is 0 Å². The van der Waals surface area contributed by atoms with E-state index >= 15 is 0 Å². The third-order valence-electron chi connectivity index (χ3n) is 3.46. The van der Waals surface area contributed by atoms with Crippen LogP contribution in [0.15, 0.2) is 0 Å². The maximum atomic E-state index is 6.01. The number of nitrogens with one attached hydrogen (secondary N) is 1. The van der Waals surface area contributed by atoms with Crippen molar-refractivity contribution in [3.63, 3.8) is 0 Å². The Hall–Kier alpha value is 0.650. The Balaban J connectivity index is 3.08. The number of hydrogen-bond donors (Lipinski definition) is 2. The van der Waals surface area contributed by atoms with Gasteiger partial charge in [-0.15, -0.1) is 0 Å². The SMILES string of the molecule is CCCCCCCCCCCCNC(N)(I)CC. The molecule has 0 heterocycles. The number of nitrogens with two attached hydrogens (primary N) is 1. The van der Waals surface area contributed by atoms with E-state index in [9.17, 15) is 0 Å². The van der Waals surface area contributed by atoms with Crippen LogP contribution >= 0.6 is 22.6 Å². The summed E-state index contributed by atoms with van der Waals surface area (Å²) in [4.78, 5) is 0. The molecule has 18 heavy (non-hydrogen) atoms. The van der Waals surface area contributed by atoms with E-state index in [-0.39, 0.29) is 3.67 Å². The molecular formula is C15H33IN2. The zero-order valence-corrected chi connectivity index (χ0v) is 14.6. The first-order chi connectivity index (χ1) is 8.62. The van der Waals surface area contributed by atoms with Crippen LogP contribution in [-0.2, 0) is 0 Å².